The third kappa shape index (κ3) is 3.99. The Morgan fingerprint density at radius 1 is 1.05 bits per heavy atom. The summed E-state index contributed by atoms with van der Waals surface area (Å²) in [6.07, 6.45) is 5.72. The number of imidazole rings is 1. The van der Waals surface area contributed by atoms with Crippen LogP contribution in [0.3, 0.4) is 0 Å². The van der Waals surface area contributed by atoms with Crippen molar-refractivity contribution in [2.75, 3.05) is 18.9 Å². The molecule has 1 aliphatic rings. The summed E-state index contributed by atoms with van der Waals surface area (Å²) in [4.78, 5) is 32.0. The monoisotopic (exact) mass is 496 g/mol. The van der Waals surface area contributed by atoms with E-state index < -0.39 is 11.5 Å². The fourth-order valence-electron chi connectivity index (χ4n) is 4.50. The number of nitrogens with one attached hydrogen (secondary N) is 1. The third-order valence-corrected chi connectivity index (χ3v) is 6.59. The van der Waals surface area contributed by atoms with E-state index in [2.05, 4.69) is 30.4 Å². The summed E-state index contributed by atoms with van der Waals surface area (Å²) in [7, 11) is 1.64. The van der Waals surface area contributed by atoms with Crippen LogP contribution in [0.1, 0.15) is 30.8 Å². The van der Waals surface area contributed by atoms with Crippen molar-refractivity contribution >= 4 is 17.5 Å². The maximum Gasteiger partial charge on any atom is 0.262 e. The Morgan fingerprint density at radius 2 is 1.86 bits per heavy atom. The number of nitrogens with zero attached hydrogens (tertiary/aromatic N) is 7. The van der Waals surface area contributed by atoms with E-state index in [4.69, 9.17) is 4.52 Å². The van der Waals surface area contributed by atoms with E-state index in [1.165, 1.54) is 4.90 Å². The number of hydrogen-bond acceptors (Lipinski definition) is 9. The fourth-order valence-corrected chi connectivity index (χ4v) is 4.50. The van der Waals surface area contributed by atoms with Gasteiger partial charge in [-0.15, -0.1) is 0 Å². The summed E-state index contributed by atoms with van der Waals surface area (Å²) in [5.41, 5.74) is 2.34. The summed E-state index contributed by atoms with van der Waals surface area (Å²) in [5.74, 6) is 0.160. The molecule has 186 valence electrons. The van der Waals surface area contributed by atoms with Gasteiger partial charge in [-0.25, -0.2) is 19.9 Å². The molecule has 0 aliphatic carbocycles. The minimum atomic E-state index is -1.71. The number of pyridine rings is 2. The Morgan fingerprint density at radius 3 is 2.68 bits per heavy atom. The van der Waals surface area contributed by atoms with Crippen LogP contribution in [0.15, 0.2) is 71.6 Å². The molecule has 0 radical (unpaired) electrons. The van der Waals surface area contributed by atoms with Crippen LogP contribution in [0.25, 0.3) is 28.4 Å². The van der Waals surface area contributed by atoms with Crippen LogP contribution in [0.2, 0.25) is 0 Å². The predicted molar refractivity (Wildman–Crippen MR) is 134 cm³/mol. The van der Waals surface area contributed by atoms with Gasteiger partial charge in [0.15, 0.2) is 5.76 Å². The second kappa shape index (κ2) is 8.79. The minimum absolute atomic E-state index is 0.0939. The molecule has 11 nitrogen and oxygen atoms in total. The molecule has 0 unspecified atom stereocenters. The van der Waals surface area contributed by atoms with E-state index in [-0.39, 0.29) is 18.2 Å². The van der Waals surface area contributed by atoms with Crippen LogP contribution in [0.4, 0.5) is 5.95 Å². The highest BCUT2D eigenvalue weighted by molar-refractivity contribution is 5.87. The lowest BCUT2D eigenvalue weighted by atomic mass is 9.98. The molecule has 1 amide bonds. The second-order valence-electron chi connectivity index (χ2n) is 9.06. The molecule has 2 atom stereocenters. The SMILES string of the molecule is C[C@@H](Nc1nccc(-c2cccc(-c3cc([C@]4(O)CCN(C)C4=O)on3)n2)n1)c1cnc2ccccn12. The lowest BCUT2D eigenvalue weighted by Crippen LogP contribution is -2.35. The van der Waals surface area contributed by atoms with Crippen LogP contribution >= 0.6 is 0 Å². The number of carbonyl (C=O) groups excluding carboxylic acids is 1. The summed E-state index contributed by atoms with van der Waals surface area (Å²) in [6.45, 7) is 2.47. The van der Waals surface area contributed by atoms with E-state index in [0.717, 1.165) is 11.3 Å². The highest BCUT2D eigenvalue weighted by atomic mass is 16.5. The zero-order chi connectivity index (χ0) is 25.6. The lowest BCUT2D eigenvalue weighted by molar-refractivity contribution is -0.144. The number of amides is 1. The normalized spacial score (nSPS) is 18.5. The largest absolute Gasteiger partial charge is 0.373 e. The van der Waals surface area contributed by atoms with Gasteiger partial charge in [0.25, 0.3) is 5.91 Å². The number of carbonyl (C=O) groups is 1. The number of fused-ring (bicyclic) bond motifs is 1. The molecule has 1 fully saturated rings. The van der Waals surface area contributed by atoms with E-state index in [1.807, 2.05) is 54.0 Å². The first kappa shape index (κ1) is 22.8. The second-order valence-corrected chi connectivity index (χ2v) is 9.06. The number of rotatable bonds is 6. The molecule has 1 saturated heterocycles. The zero-order valence-electron chi connectivity index (χ0n) is 20.2. The van der Waals surface area contributed by atoms with Crippen molar-refractivity contribution in [1.82, 2.24) is 34.4 Å². The predicted octanol–water partition coefficient (Wildman–Crippen LogP) is 3.06. The van der Waals surface area contributed by atoms with E-state index in [9.17, 15) is 9.90 Å². The summed E-state index contributed by atoms with van der Waals surface area (Å²) in [5, 5.41) is 18.2. The maximum atomic E-state index is 12.4. The van der Waals surface area contributed by atoms with Gasteiger partial charge < -0.3 is 24.2 Å². The van der Waals surface area contributed by atoms with E-state index in [0.29, 0.717) is 35.3 Å². The van der Waals surface area contributed by atoms with Crippen LogP contribution in [0.5, 0.6) is 0 Å². The van der Waals surface area contributed by atoms with Crippen LogP contribution in [-0.2, 0) is 10.4 Å². The van der Waals surface area contributed by atoms with Gasteiger partial charge in [-0.1, -0.05) is 17.3 Å². The first-order valence-corrected chi connectivity index (χ1v) is 11.9. The molecule has 1 aliphatic heterocycles. The molecule has 5 aromatic rings. The number of aliphatic hydroxyl groups is 1. The van der Waals surface area contributed by atoms with Crippen LogP contribution in [-0.4, -0.2) is 59.0 Å². The molecule has 2 N–H and O–H groups in total. The summed E-state index contributed by atoms with van der Waals surface area (Å²) < 4.78 is 7.39. The highest BCUT2D eigenvalue weighted by Crippen LogP contribution is 2.34. The van der Waals surface area contributed by atoms with Gasteiger partial charge in [0.05, 0.1) is 35.0 Å². The van der Waals surface area contributed by atoms with Crippen molar-refractivity contribution in [3.05, 3.63) is 78.6 Å². The van der Waals surface area contributed by atoms with Crippen molar-refractivity contribution in [3.8, 4) is 22.8 Å². The Hall–Kier alpha value is -4.64. The van der Waals surface area contributed by atoms with Gasteiger partial charge in [-0.05, 0) is 37.3 Å². The van der Waals surface area contributed by atoms with Crippen LogP contribution in [0, 0.1) is 0 Å². The molecule has 6 rings (SSSR count). The van der Waals surface area contributed by atoms with Crippen molar-refractivity contribution in [1.29, 1.82) is 0 Å². The number of likely N-dealkylation sites (N-methyl/N-ethyl adjacent to an activating group) is 1. The molecule has 6 heterocycles. The highest BCUT2D eigenvalue weighted by Gasteiger charge is 2.48. The van der Waals surface area contributed by atoms with Gasteiger partial charge in [0.1, 0.15) is 11.3 Å². The molecule has 11 heteroatoms. The molecular formula is C26H24N8O3. The molecular weight excluding hydrogens is 472 g/mol. The average Bonchev–Trinajstić information content (AvgIpc) is 3.65. The van der Waals surface area contributed by atoms with Crippen molar-refractivity contribution < 1.29 is 14.4 Å². The summed E-state index contributed by atoms with van der Waals surface area (Å²) >= 11 is 0. The fraction of sp³-hybridized carbons (Fsp3) is 0.231. The Balaban J connectivity index is 1.25. The average molecular weight is 497 g/mol. The molecule has 0 bridgehead atoms. The van der Waals surface area contributed by atoms with Gasteiger partial charge in [-0.2, -0.15) is 0 Å². The Labute approximate surface area is 211 Å². The first-order valence-electron chi connectivity index (χ1n) is 11.9. The minimum Gasteiger partial charge on any atom is -0.373 e. The Kier molecular flexibility index (Phi) is 5.41. The van der Waals surface area contributed by atoms with Crippen molar-refractivity contribution in [2.45, 2.75) is 25.0 Å². The van der Waals surface area contributed by atoms with E-state index in [1.54, 1.807) is 31.4 Å². The van der Waals surface area contributed by atoms with Gasteiger partial charge >= 0.3 is 0 Å². The van der Waals surface area contributed by atoms with Crippen molar-refractivity contribution in [3.63, 3.8) is 0 Å². The smallest absolute Gasteiger partial charge is 0.262 e. The first-order chi connectivity index (χ1) is 17.9. The Bertz CT molecular complexity index is 1610. The standard InChI is InChI=1S/C26H24N8O3/c1-16(21-15-28-23-8-3-4-12-34(21)23)29-25-27-11-9-19(31-25)17-6-5-7-18(30-17)20-14-22(37-32-20)26(36)10-13-33(2)24(26)35/h3-9,11-12,14-16,36H,10,13H2,1-2H3,(H,27,29,31)/t16-,26-/m1/s1. The van der Waals surface area contributed by atoms with Gasteiger partial charge in [0, 0.05) is 38.5 Å². The molecule has 5 aromatic heterocycles. The molecule has 0 spiro atoms. The van der Waals surface area contributed by atoms with Gasteiger partial charge in [0.2, 0.25) is 11.5 Å². The van der Waals surface area contributed by atoms with Gasteiger partial charge in [-0.3, -0.25) is 4.79 Å². The van der Waals surface area contributed by atoms with E-state index >= 15 is 0 Å². The summed E-state index contributed by atoms with van der Waals surface area (Å²) in [6, 6.07) is 14.6. The molecule has 0 saturated carbocycles. The number of aromatic nitrogens is 6. The topological polar surface area (TPSA) is 135 Å². The number of hydrogen-bond donors (Lipinski definition) is 2. The van der Waals surface area contributed by atoms with Crippen LogP contribution < -0.4 is 5.32 Å². The molecule has 0 aromatic carbocycles. The molecule has 37 heavy (non-hydrogen) atoms. The quantitative estimate of drug-likeness (QED) is 0.364. The third-order valence-electron chi connectivity index (χ3n) is 6.59. The number of anilines is 1. The lowest BCUT2D eigenvalue weighted by Gasteiger charge is -2.16. The maximum absolute atomic E-state index is 12.4. The number of likely N-dealkylation sites (tertiary alicyclic amines) is 1. The zero-order valence-corrected chi connectivity index (χ0v) is 20.2. The van der Waals surface area contributed by atoms with Crippen molar-refractivity contribution in [2.24, 2.45) is 0 Å².